The molecule has 1 rings (SSSR count). The van der Waals surface area contributed by atoms with Gasteiger partial charge in [0.15, 0.2) is 17.4 Å². The number of ether oxygens (including phenoxy) is 1. The van der Waals surface area contributed by atoms with Crippen molar-refractivity contribution in [3.63, 3.8) is 0 Å². The molecule has 72 valence electrons. The zero-order valence-corrected chi connectivity index (χ0v) is 7.53. The molecular weight excluding hydrogens is 176 g/mol. The monoisotopic (exact) mass is 187 g/mol. The van der Waals surface area contributed by atoms with Gasteiger partial charge in [-0.05, 0) is 18.6 Å². The van der Waals surface area contributed by atoms with Crippen molar-refractivity contribution in [2.75, 3.05) is 7.11 Å². The van der Waals surface area contributed by atoms with Crippen LogP contribution in [0.25, 0.3) is 0 Å². The molecule has 0 amide bonds. The molecule has 4 heteroatoms. The van der Waals surface area contributed by atoms with Crippen molar-refractivity contribution in [1.29, 1.82) is 0 Å². The fraction of sp³-hybridized carbons (Fsp3) is 0.333. The van der Waals surface area contributed by atoms with Crippen LogP contribution in [0.2, 0.25) is 0 Å². The zero-order chi connectivity index (χ0) is 10.0. The Hall–Kier alpha value is -1.16. The standard InChI is InChI=1S/C9H11F2NO/c1-5-3-7(10)9(13-2)8(11)6(5)4-12/h3H,4,12H2,1-2H3. The summed E-state index contributed by atoms with van der Waals surface area (Å²) in [6.07, 6.45) is 0. The molecule has 0 aliphatic carbocycles. The van der Waals surface area contributed by atoms with Crippen molar-refractivity contribution in [3.05, 3.63) is 28.8 Å². The van der Waals surface area contributed by atoms with E-state index in [2.05, 4.69) is 4.74 Å². The molecule has 0 unspecified atom stereocenters. The number of hydrogen-bond donors (Lipinski definition) is 1. The van der Waals surface area contributed by atoms with E-state index in [1.807, 2.05) is 0 Å². The first-order chi connectivity index (χ1) is 6.11. The molecule has 0 aliphatic rings. The summed E-state index contributed by atoms with van der Waals surface area (Å²) in [5.41, 5.74) is 6.10. The Balaban J connectivity index is 3.39. The van der Waals surface area contributed by atoms with Crippen LogP contribution in [-0.4, -0.2) is 7.11 Å². The third-order valence-corrected chi connectivity index (χ3v) is 1.91. The van der Waals surface area contributed by atoms with Crippen LogP contribution in [-0.2, 0) is 6.54 Å². The van der Waals surface area contributed by atoms with E-state index >= 15 is 0 Å². The first-order valence-corrected chi connectivity index (χ1v) is 3.83. The molecule has 0 bridgehead atoms. The van der Waals surface area contributed by atoms with Gasteiger partial charge in [0.25, 0.3) is 0 Å². The lowest BCUT2D eigenvalue weighted by Crippen LogP contribution is -2.06. The Morgan fingerprint density at radius 3 is 2.54 bits per heavy atom. The van der Waals surface area contributed by atoms with Gasteiger partial charge >= 0.3 is 0 Å². The number of aryl methyl sites for hydroxylation is 1. The largest absolute Gasteiger partial charge is 0.491 e. The molecule has 0 saturated heterocycles. The van der Waals surface area contributed by atoms with E-state index in [0.717, 1.165) is 0 Å². The minimum absolute atomic E-state index is 0.0360. The predicted molar refractivity (Wildman–Crippen MR) is 45.5 cm³/mol. The molecule has 0 radical (unpaired) electrons. The summed E-state index contributed by atoms with van der Waals surface area (Å²) < 4.78 is 30.9. The summed E-state index contributed by atoms with van der Waals surface area (Å²) in [7, 11) is 1.22. The minimum Gasteiger partial charge on any atom is -0.491 e. The summed E-state index contributed by atoms with van der Waals surface area (Å²) >= 11 is 0. The molecule has 0 saturated carbocycles. The van der Waals surface area contributed by atoms with E-state index in [1.165, 1.54) is 13.2 Å². The molecule has 13 heavy (non-hydrogen) atoms. The third-order valence-electron chi connectivity index (χ3n) is 1.91. The van der Waals surface area contributed by atoms with E-state index in [4.69, 9.17) is 5.73 Å². The Morgan fingerprint density at radius 1 is 1.46 bits per heavy atom. The quantitative estimate of drug-likeness (QED) is 0.765. The fourth-order valence-electron chi connectivity index (χ4n) is 1.20. The molecule has 0 aromatic heterocycles. The van der Waals surface area contributed by atoms with E-state index < -0.39 is 11.6 Å². The van der Waals surface area contributed by atoms with Crippen LogP contribution in [0.3, 0.4) is 0 Å². The molecule has 0 heterocycles. The van der Waals surface area contributed by atoms with Gasteiger partial charge in [0.1, 0.15) is 0 Å². The van der Waals surface area contributed by atoms with Crippen LogP contribution >= 0.6 is 0 Å². The van der Waals surface area contributed by atoms with Gasteiger partial charge in [-0.15, -0.1) is 0 Å². The van der Waals surface area contributed by atoms with Crippen molar-refractivity contribution in [2.24, 2.45) is 5.73 Å². The highest BCUT2D eigenvalue weighted by molar-refractivity contribution is 5.38. The van der Waals surface area contributed by atoms with E-state index in [-0.39, 0.29) is 12.3 Å². The van der Waals surface area contributed by atoms with Gasteiger partial charge in [-0.25, -0.2) is 8.78 Å². The SMILES string of the molecule is COc1c(F)cc(C)c(CN)c1F. The number of hydrogen-bond acceptors (Lipinski definition) is 2. The van der Waals surface area contributed by atoms with Gasteiger partial charge in [0.2, 0.25) is 0 Å². The second-order valence-corrected chi connectivity index (χ2v) is 2.71. The van der Waals surface area contributed by atoms with Crippen LogP contribution < -0.4 is 10.5 Å². The lowest BCUT2D eigenvalue weighted by molar-refractivity contribution is 0.357. The Labute approximate surface area is 75.3 Å². The second-order valence-electron chi connectivity index (χ2n) is 2.71. The van der Waals surface area contributed by atoms with Crippen molar-refractivity contribution < 1.29 is 13.5 Å². The normalized spacial score (nSPS) is 10.2. The van der Waals surface area contributed by atoms with Crippen molar-refractivity contribution in [2.45, 2.75) is 13.5 Å². The van der Waals surface area contributed by atoms with Crippen molar-refractivity contribution in [3.8, 4) is 5.75 Å². The summed E-state index contributed by atoms with van der Waals surface area (Å²) in [5.74, 6) is -1.77. The second kappa shape index (κ2) is 3.70. The van der Waals surface area contributed by atoms with Gasteiger partial charge in [-0.2, -0.15) is 0 Å². The Kier molecular flexibility index (Phi) is 2.83. The van der Waals surface area contributed by atoms with Crippen LogP contribution in [0, 0.1) is 18.6 Å². The highest BCUT2D eigenvalue weighted by atomic mass is 19.1. The van der Waals surface area contributed by atoms with E-state index in [0.29, 0.717) is 11.1 Å². The maximum absolute atomic E-state index is 13.3. The van der Waals surface area contributed by atoms with Crippen molar-refractivity contribution in [1.82, 2.24) is 0 Å². The molecule has 0 fully saturated rings. The van der Waals surface area contributed by atoms with Gasteiger partial charge < -0.3 is 10.5 Å². The maximum atomic E-state index is 13.3. The summed E-state index contributed by atoms with van der Waals surface area (Å²) in [5, 5.41) is 0. The average Bonchev–Trinajstić information content (AvgIpc) is 2.04. The van der Waals surface area contributed by atoms with Gasteiger partial charge in [0.05, 0.1) is 7.11 Å². The van der Waals surface area contributed by atoms with Crippen LogP contribution in [0.5, 0.6) is 5.75 Å². The third kappa shape index (κ3) is 1.62. The molecular formula is C9H11F2NO. The summed E-state index contributed by atoms with van der Waals surface area (Å²) in [6, 6.07) is 1.21. The number of benzene rings is 1. The van der Waals surface area contributed by atoms with Gasteiger partial charge in [-0.1, -0.05) is 0 Å². The maximum Gasteiger partial charge on any atom is 0.190 e. The topological polar surface area (TPSA) is 35.2 Å². The molecule has 1 aromatic rings. The zero-order valence-electron chi connectivity index (χ0n) is 7.53. The van der Waals surface area contributed by atoms with Crippen LogP contribution in [0.4, 0.5) is 8.78 Å². The highest BCUT2D eigenvalue weighted by Crippen LogP contribution is 2.26. The first kappa shape index (κ1) is 9.92. The molecule has 0 spiro atoms. The smallest absolute Gasteiger partial charge is 0.190 e. The molecule has 0 aliphatic heterocycles. The van der Waals surface area contributed by atoms with Gasteiger partial charge in [-0.3, -0.25) is 0 Å². The first-order valence-electron chi connectivity index (χ1n) is 3.83. The number of rotatable bonds is 2. The minimum atomic E-state index is -0.706. The van der Waals surface area contributed by atoms with Crippen LogP contribution in [0.15, 0.2) is 6.07 Å². The van der Waals surface area contributed by atoms with Crippen molar-refractivity contribution >= 4 is 0 Å². The van der Waals surface area contributed by atoms with Gasteiger partial charge in [0, 0.05) is 12.1 Å². The van der Waals surface area contributed by atoms with E-state index in [9.17, 15) is 8.78 Å². The highest BCUT2D eigenvalue weighted by Gasteiger charge is 2.15. The lowest BCUT2D eigenvalue weighted by Gasteiger charge is -2.09. The number of nitrogens with two attached hydrogens (primary N) is 1. The fourth-order valence-corrected chi connectivity index (χ4v) is 1.20. The molecule has 2 nitrogen and oxygen atoms in total. The molecule has 0 atom stereocenters. The Morgan fingerprint density at radius 2 is 2.08 bits per heavy atom. The lowest BCUT2D eigenvalue weighted by atomic mass is 10.1. The van der Waals surface area contributed by atoms with Crippen LogP contribution in [0.1, 0.15) is 11.1 Å². The predicted octanol–water partition coefficient (Wildman–Crippen LogP) is 1.74. The number of methoxy groups -OCH3 is 1. The average molecular weight is 187 g/mol. The molecule has 1 aromatic carbocycles. The van der Waals surface area contributed by atoms with E-state index in [1.54, 1.807) is 6.92 Å². The number of halogens is 2. The Bertz CT molecular complexity index is 298. The summed E-state index contributed by atoms with van der Waals surface area (Å²) in [6.45, 7) is 1.64. The summed E-state index contributed by atoms with van der Waals surface area (Å²) in [4.78, 5) is 0. The molecule has 2 N–H and O–H groups in total.